The topological polar surface area (TPSA) is 24.9 Å². The van der Waals surface area contributed by atoms with E-state index in [1.54, 1.807) is 14.2 Å². The van der Waals surface area contributed by atoms with Crippen molar-refractivity contribution in [2.24, 2.45) is 0 Å². The Morgan fingerprint density at radius 1 is 0.792 bits per heavy atom. The van der Waals surface area contributed by atoms with Gasteiger partial charge in [-0.15, -0.1) is 0 Å². The van der Waals surface area contributed by atoms with Gasteiger partial charge in [0.05, 0.1) is 9.52 Å². The van der Waals surface area contributed by atoms with Gasteiger partial charge in [-0.1, -0.05) is 59.4 Å². The molecule has 0 N–H and O–H groups in total. The van der Waals surface area contributed by atoms with E-state index in [2.05, 4.69) is 44.0 Å². The van der Waals surface area contributed by atoms with E-state index >= 15 is 0 Å². The summed E-state index contributed by atoms with van der Waals surface area (Å²) in [5.41, 5.74) is 0. The molecular weight excluding hydrogens is 332 g/mol. The molecule has 0 aliphatic carbocycles. The van der Waals surface area contributed by atoms with Crippen LogP contribution in [0.3, 0.4) is 0 Å². The molecule has 0 aromatic carbocycles. The van der Waals surface area contributed by atoms with E-state index in [4.69, 9.17) is 8.85 Å². The summed E-state index contributed by atoms with van der Waals surface area (Å²) in [5.74, 6) is 0.757. The lowest BCUT2D eigenvalue weighted by atomic mass is 10.2. The van der Waals surface area contributed by atoms with Crippen molar-refractivity contribution in [3.05, 3.63) is 0 Å². The third kappa shape index (κ3) is 9.10. The quantitative estimate of drug-likeness (QED) is 0.234. The van der Waals surface area contributed by atoms with Crippen molar-refractivity contribution in [2.45, 2.75) is 77.8 Å². The summed E-state index contributed by atoms with van der Waals surface area (Å²) in [6.45, 7) is 16.1. The van der Waals surface area contributed by atoms with Crippen molar-refractivity contribution < 1.29 is 8.85 Å². The predicted octanol–water partition coefficient (Wildman–Crippen LogP) is 3.47. The van der Waals surface area contributed by atoms with Crippen LogP contribution in [0.5, 0.6) is 0 Å². The van der Waals surface area contributed by atoms with Crippen molar-refractivity contribution in [3.8, 4) is 0 Å². The molecule has 0 atom stereocenters. The van der Waals surface area contributed by atoms with Crippen molar-refractivity contribution in [1.82, 2.24) is 9.80 Å². The maximum absolute atomic E-state index is 5.56. The number of unbranched alkanes of at least 4 members (excludes halogenated alkanes) is 3. The fraction of sp³-hybridized carbons (Fsp3) is 1.00. The molecular formula is C18H44N2O2Si2. The normalized spacial score (nSPS) is 13.2. The van der Waals surface area contributed by atoms with E-state index in [-0.39, 0.29) is 9.52 Å². The maximum Gasteiger partial charge on any atom is 0.334 e. The van der Waals surface area contributed by atoms with E-state index in [0.717, 1.165) is 11.8 Å². The third-order valence-electron chi connectivity index (χ3n) is 5.42. The minimum Gasteiger partial charge on any atom is -0.398 e. The highest BCUT2D eigenvalue weighted by Crippen LogP contribution is 2.17. The molecule has 0 unspecified atom stereocenters. The monoisotopic (exact) mass is 376 g/mol. The van der Waals surface area contributed by atoms with Gasteiger partial charge in [-0.05, 0) is 38.8 Å². The summed E-state index contributed by atoms with van der Waals surface area (Å²) in [6, 6.07) is 2.60. The first-order valence-corrected chi connectivity index (χ1v) is 14.4. The van der Waals surface area contributed by atoms with E-state index in [0.29, 0.717) is 0 Å². The van der Waals surface area contributed by atoms with Gasteiger partial charge >= 0.3 is 8.56 Å². The summed E-state index contributed by atoms with van der Waals surface area (Å²) < 4.78 is 11.1. The molecule has 0 heterocycles. The lowest BCUT2D eigenvalue weighted by Gasteiger charge is -2.38. The summed E-state index contributed by atoms with van der Waals surface area (Å²) in [7, 11) is 1.68. The molecule has 146 valence electrons. The highest BCUT2D eigenvalue weighted by atomic mass is 28.4. The first kappa shape index (κ1) is 24.3. The van der Waals surface area contributed by atoms with Crippen LogP contribution in [0.4, 0.5) is 0 Å². The van der Waals surface area contributed by atoms with Gasteiger partial charge in [0.25, 0.3) is 0 Å². The molecule has 0 spiro atoms. The van der Waals surface area contributed by atoms with Crippen molar-refractivity contribution in [1.29, 1.82) is 0 Å². The van der Waals surface area contributed by atoms with Crippen LogP contribution in [0.25, 0.3) is 0 Å². The standard InChI is InChI=1S/C18H44N2O2Si2/c1-8-19(9-2)18(20(10-3)11-4)23-16-14-12-13-15-17-24(7,21-5)22-6/h18H,8-17,23H2,1-7H3. The van der Waals surface area contributed by atoms with Crippen LogP contribution >= 0.6 is 0 Å². The van der Waals surface area contributed by atoms with Gasteiger partial charge in [0.2, 0.25) is 0 Å². The molecule has 0 amide bonds. The zero-order valence-corrected chi connectivity index (χ0v) is 20.0. The Bertz CT molecular complexity index is 272. The Kier molecular flexibility index (Phi) is 14.6. The first-order chi connectivity index (χ1) is 11.5. The molecule has 0 aromatic heterocycles. The Balaban J connectivity index is 4.07. The van der Waals surface area contributed by atoms with Crippen LogP contribution in [0.15, 0.2) is 0 Å². The molecule has 4 nitrogen and oxygen atoms in total. The summed E-state index contributed by atoms with van der Waals surface area (Å²) in [4.78, 5) is 5.35. The lowest BCUT2D eigenvalue weighted by Crippen LogP contribution is -2.51. The second-order valence-corrected chi connectivity index (χ2v) is 12.4. The van der Waals surface area contributed by atoms with Gasteiger partial charge in [-0.3, -0.25) is 9.80 Å². The van der Waals surface area contributed by atoms with E-state index < -0.39 is 8.56 Å². The predicted molar refractivity (Wildman–Crippen MR) is 112 cm³/mol. The maximum atomic E-state index is 5.56. The Hall–Kier alpha value is 0.274. The third-order valence-corrected chi connectivity index (χ3v) is 10.9. The van der Waals surface area contributed by atoms with Crippen LogP contribution in [-0.2, 0) is 8.85 Å². The van der Waals surface area contributed by atoms with Gasteiger partial charge in [0.15, 0.2) is 0 Å². The molecule has 0 aromatic rings. The van der Waals surface area contributed by atoms with Crippen molar-refractivity contribution in [3.63, 3.8) is 0 Å². The minimum absolute atomic E-state index is 0.0728. The van der Waals surface area contributed by atoms with Gasteiger partial charge in [0.1, 0.15) is 0 Å². The average Bonchev–Trinajstić information content (AvgIpc) is 2.62. The second kappa shape index (κ2) is 14.4. The average molecular weight is 377 g/mol. The molecule has 0 saturated heterocycles. The molecule has 0 fully saturated rings. The molecule has 0 rings (SSSR count). The molecule has 0 aliphatic rings. The SMILES string of the molecule is CCN(CC)C([SiH2]CCCCCC[Si](C)(OC)OC)N(CC)CC. The Labute approximate surface area is 155 Å². The molecule has 6 heteroatoms. The Morgan fingerprint density at radius 3 is 1.67 bits per heavy atom. The van der Waals surface area contributed by atoms with Crippen LogP contribution in [0, 0.1) is 0 Å². The zero-order chi connectivity index (χ0) is 18.4. The lowest BCUT2D eigenvalue weighted by molar-refractivity contribution is 0.114. The number of hydrogen-bond donors (Lipinski definition) is 0. The van der Waals surface area contributed by atoms with Crippen LogP contribution < -0.4 is 0 Å². The molecule has 0 saturated carbocycles. The van der Waals surface area contributed by atoms with E-state index in [9.17, 15) is 0 Å². The van der Waals surface area contributed by atoms with Crippen LogP contribution in [0.2, 0.25) is 18.6 Å². The highest BCUT2D eigenvalue weighted by molar-refractivity contribution is 6.65. The molecule has 0 bridgehead atoms. The van der Waals surface area contributed by atoms with Gasteiger partial charge in [0, 0.05) is 20.0 Å². The molecule has 24 heavy (non-hydrogen) atoms. The fourth-order valence-electron chi connectivity index (χ4n) is 3.48. The summed E-state index contributed by atoms with van der Waals surface area (Å²) in [5, 5.41) is 0. The van der Waals surface area contributed by atoms with Gasteiger partial charge in [-0.2, -0.15) is 0 Å². The zero-order valence-electron chi connectivity index (χ0n) is 17.6. The fourth-order valence-corrected chi connectivity index (χ4v) is 7.71. The van der Waals surface area contributed by atoms with Crippen LogP contribution in [-0.4, -0.2) is 74.1 Å². The van der Waals surface area contributed by atoms with Gasteiger partial charge in [-0.25, -0.2) is 0 Å². The summed E-state index contributed by atoms with van der Waals surface area (Å²) in [6.07, 6.45) is 5.35. The van der Waals surface area contributed by atoms with Crippen molar-refractivity contribution >= 4 is 18.1 Å². The molecule has 0 radical (unpaired) electrons. The van der Waals surface area contributed by atoms with E-state index in [1.807, 2.05) is 0 Å². The second-order valence-electron chi connectivity index (χ2n) is 6.77. The number of nitrogens with zero attached hydrogens (tertiary/aromatic N) is 2. The van der Waals surface area contributed by atoms with Gasteiger partial charge < -0.3 is 8.85 Å². The largest absolute Gasteiger partial charge is 0.398 e. The Morgan fingerprint density at radius 2 is 1.25 bits per heavy atom. The summed E-state index contributed by atoms with van der Waals surface area (Å²) >= 11 is 0. The molecule has 0 aliphatic heterocycles. The first-order valence-electron chi connectivity index (χ1n) is 10.1. The highest BCUT2D eigenvalue weighted by Gasteiger charge is 2.27. The smallest absolute Gasteiger partial charge is 0.334 e. The van der Waals surface area contributed by atoms with E-state index in [1.165, 1.54) is 57.9 Å². The minimum atomic E-state index is -1.84. The number of rotatable bonds is 16. The van der Waals surface area contributed by atoms with Crippen LogP contribution in [0.1, 0.15) is 53.4 Å². The number of hydrogen-bond acceptors (Lipinski definition) is 4. The van der Waals surface area contributed by atoms with Crippen molar-refractivity contribution in [2.75, 3.05) is 40.4 Å².